The van der Waals surface area contributed by atoms with Crippen LogP contribution >= 0.6 is 22.7 Å². The van der Waals surface area contributed by atoms with Crippen LogP contribution < -0.4 is 0 Å². The largest absolute Gasteiger partial charge is 0.297 e. The Balaban J connectivity index is 1.27. The number of halogens is 1. The van der Waals surface area contributed by atoms with Crippen molar-refractivity contribution < 1.29 is 4.39 Å². The minimum absolute atomic E-state index is 0.236. The number of rotatable bonds is 5. The lowest BCUT2D eigenvalue weighted by Gasteiger charge is -2.30. The van der Waals surface area contributed by atoms with Gasteiger partial charge in [0.2, 0.25) is 0 Å². The summed E-state index contributed by atoms with van der Waals surface area (Å²) in [5.74, 6) is 0.870. The van der Waals surface area contributed by atoms with Crippen molar-refractivity contribution in [2.75, 3.05) is 13.1 Å². The summed E-state index contributed by atoms with van der Waals surface area (Å²) in [6, 6.07) is 6.79. The Hall–Kier alpha value is -1.70. The molecule has 1 aliphatic heterocycles. The molecule has 0 spiro atoms. The molecule has 5 rings (SSSR count). The molecule has 1 saturated heterocycles. The van der Waals surface area contributed by atoms with Crippen molar-refractivity contribution in [3.8, 4) is 10.6 Å². The summed E-state index contributed by atoms with van der Waals surface area (Å²) in [7, 11) is 0. The molecule has 1 atom stereocenters. The molecule has 0 amide bonds. The molecule has 2 aliphatic rings. The lowest BCUT2D eigenvalue weighted by Crippen LogP contribution is -2.34. The summed E-state index contributed by atoms with van der Waals surface area (Å²) in [4.78, 5) is 7.30. The van der Waals surface area contributed by atoms with Gasteiger partial charge in [0.05, 0.1) is 10.7 Å². The van der Waals surface area contributed by atoms with Crippen molar-refractivity contribution in [2.45, 2.75) is 44.1 Å². The van der Waals surface area contributed by atoms with Gasteiger partial charge in [-0.05, 0) is 44.4 Å². The van der Waals surface area contributed by atoms with E-state index < -0.39 is 0 Å². The zero-order chi connectivity index (χ0) is 18.2. The summed E-state index contributed by atoms with van der Waals surface area (Å²) in [6.07, 6.45) is 4.88. The first-order chi connectivity index (χ1) is 13.3. The summed E-state index contributed by atoms with van der Waals surface area (Å²) < 4.78 is 14.0. The maximum Gasteiger partial charge on any atom is 0.150 e. The molecule has 27 heavy (non-hydrogen) atoms. The van der Waals surface area contributed by atoms with Crippen LogP contribution in [0.25, 0.3) is 10.6 Å². The Bertz CT molecular complexity index is 933. The van der Waals surface area contributed by atoms with Gasteiger partial charge in [0.1, 0.15) is 10.8 Å². The maximum atomic E-state index is 14.0. The number of aromatic nitrogens is 3. The molecule has 3 aromatic rings. The molecule has 2 fully saturated rings. The number of benzene rings is 1. The van der Waals surface area contributed by atoms with E-state index >= 15 is 0 Å². The SMILES string of the molecule is Fc1ccccc1-c1nnc(C2CCCN(Cc3csc(C4CC4)n3)C2)s1. The Kier molecular flexibility index (Phi) is 4.75. The standard InChI is InChI=1S/C20H21FN4S2/c21-17-6-2-1-5-16(17)20-24-23-19(27-20)14-4-3-9-25(10-14)11-15-12-26-18(22-15)13-7-8-13/h1-2,5-6,12-14H,3-4,7-11H2. The minimum Gasteiger partial charge on any atom is -0.297 e. The van der Waals surface area contributed by atoms with Crippen LogP contribution in [0.15, 0.2) is 29.6 Å². The number of hydrogen-bond acceptors (Lipinski definition) is 6. The smallest absolute Gasteiger partial charge is 0.150 e. The molecule has 0 radical (unpaired) electrons. The number of piperidine rings is 1. The van der Waals surface area contributed by atoms with Gasteiger partial charge in [-0.15, -0.1) is 21.5 Å². The number of thiazole rings is 1. The van der Waals surface area contributed by atoms with Gasteiger partial charge >= 0.3 is 0 Å². The highest BCUT2D eigenvalue weighted by atomic mass is 32.1. The van der Waals surface area contributed by atoms with Gasteiger partial charge in [0.25, 0.3) is 0 Å². The quantitative estimate of drug-likeness (QED) is 0.600. The topological polar surface area (TPSA) is 41.9 Å². The van der Waals surface area contributed by atoms with Gasteiger partial charge in [-0.1, -0.05) is 23.5 Å². The van der Waals surface area contributed by atoms with Crippen LogP contribution in [0.3, 0.4) is 0 Å². The third-order valence-electron chi connectivity index (χ3n) is 5.28. The second-order valence-corrected chi connectivity index (χ2v) is 9.35. The molecular formula is C20H21FN4S2. The van der Waals surface area contributed by atoms with E-state index in [9.17, 15) is 4.39 Å². The lowest BCUT2D eigenvalue weighted by molar-refractivity contribution is 0.198. The Labute approximate surface area is 166 Å². The van der Waals surface area contributed by atoms with Gasteiger partial charge in [0, 0.05) is 35.9 Å². The maximum absolute atomic E-state index is 14.0. The molecule has 1 aliphatic carbocycles. The molecule has 4 nitrogen and oxygen atoms in total. The summed E-state index contributed by atoms with van der Waals surface area (Å²) in [5.41, 5.74) is 1.75. The number of likely N-dealkylation sites (tertiary alicyclic amines) is 1. The molecule has 2 aromatic heterocycles. The predicted octanol–water partition coefficient (Wildman–Crippen LogP) is 5.06. The first-order valence-electron chi connectivity index (χ1n) is 9.51. The van der Waals surface area contributed by atoms with Gasteiger partial charge in [0.15, 0.2) is 5.01 Å². The van der Waals surface area contributed by atoms with Gasteiger partial charge in [-0.25, -0.2) is 9.37 Å². The lowest BCUT2D eigenvalue weighted by atomic mass is 9.99. The van der Waals surface area contributed by atoms with Crippen LogP contribution in [0.2, 0.25) is 0 Å². The molecule has 1 aromatic carbocycles. The normalized spacial score (nSPS) is 20.9. The fourth-order valence-electron chi connectivity index (χ4n) is 3.69. The first kappa shape index (κ1) is 17.4. The fraction of sp³-hybridized carbons (Fsp3) is 0.450. The van der Waals surface area contributed by atoms with Gasteiger partial charge in [-0.3, -0.25) is 4.90 Å². The molecule has 3 heterocycles. The van der Waals surface area contributed by atoms with Crippen molar-refractivity contribution in [3.05, 3.63) is 51.2 Å². The van der Waals surface area contributed by atoms with Crippen LogP contribution in [-0.4, -0.2) is 33.2 Å². The Morgan fingerprint density at radius 3 is 2.81 bits per heavy atom. The average Bonchev–Trinajstić information content (AvgIpc) is 3.23. The van der Waals surface area contributed by atoms with E-state index in [1.807, 2.05) is 17.4 Å². The Morgan fingerprint density at radius 2 is 1.96 bits per heavy atom. The highest BCUT2D eigenvalue weighted by Crippen LogP contribution is 2.41. The highest BCUT2D eigenvalue weighted by molar-refractivity contribution is 7.14. The first-order valence-corrected chi connectivity index (χ1v) is 11.2. The van der Waals surface area contributed by atoms with Crippen LogP contribution in [0.1, 0.15) is 53.2 Å². The van der Waals surface area contributed by atoms with E-state index in [0.29, 0.717) is 16.5 Å². The van der Waals surface area contributed by atoms with Crippen molar-refractivity contribution in [1.82, 2.24) is 20.1 Å². The molecule has 0 N–H and O–H groups in total. The third kappa shape index (κ3) is 3.81. The number of nitrogens with zero attached hydrogens (tertiary/aromatic N) is 4. The third-order valence-corrected chi connectivity index (χ3v) is 7.46. The minimum atomic E-state index is -0.236. The second-order valence-electron chi connectivity index (χ2n) is 7.45. The van der Waals surface area contributed by atoms with Crippen molar-refractivity contribution in [2.24, 2.45) is 0 Å². The average molecular weight is 401 g/mol. The van der Waals surface area contributed by atoms with E-state index in [1.54, 1.807) is 12.1 Å². The fourth-order valence-corrected chi connectivity index (χ4v) is 5.66. The van der Waals surface area contributed by atoms with Gasteiger partial charge in [-0.2, -0.15) is 0 Å². The summed E-state index contributed by atoms with van der Waals surface area (Å²) in [6.45, 7) is 2.99. The predicted molar refractivity (Wildman–Crippen MR) is 107 cm³/mol. The zero-order valence-electron chi connectivity index (χ0n) is 15.0. The Morgan fingerprint density at radius 1 is 1.07 bits per heavy atom. The van der Waals surface area contributed by atoms with E-state index in [2.05, 4.69) is 20.5 Å². The molecular weight excluding hydrogens is 379 g/mol. The molecule has 0 bridgehead atoms. The number of hydrogen-bond donors (Lipinski definition) is 0. The van der Waals surface area contributed by atoms with Crippen LogP contribution in [0.5, 0.6) is 0 Å². The van der Waals surface area contributed by atoms with E-state index in [4.69, 9.17) is 4.98 Å². The van der Waals surface area contributed by atoms with Crippen LogP contribution in [0, 0.1) is 5.82 Å². The van der Waals surface area contributed by atoms with Gasteiger partial charge < -0.3 is 0 Å². The van der Waals surface area contributed by atoms with Crippen molar-refractivity contribution in [3.63, 3.8) is 0 Å². The zero-order valence-corrected chi connectivity index (χ0v) is 16.6. The van der Waals surface area contributed by atoms with E-state index in [0.717, 1.165) is 43.4 Å². The molecule has 1 saturated carbocycles. The van der Waals surface area contributed by atoms with Crippen LogP contribution in [0.4, 0.5) is 4.39 Å². The molecule has 140 valence electrons. The molecule has 7 heteroatoms. The van der Waals surface area contributed by atoms with E-state index in [-0.39, 0.29) is 5.82 Å². The second kappa shape index (κ2) is 7.37. The molecule has 1 unspecified atom stereocenters. The van der Waals surface area contributed by atoms with E-state index in [1.165, 1.54) is 40.9 Å². The summed E-state index contributed by atoms with van der Waals surface area (Å²) >= 11 is 3.34. The van der Waals surface area contributed by atoms with Crippen molar-refractivity contribution in [1.29, 1.82) is 0 Å². The summed E-state index contributed by atoms with van der Waals surface area (Å²) in [5, 5.41) is 13.9. The monoisotopic (exact) mass is 400 g/mol. The van der Waals surface area contributed by atoms with Crippen LogP contribution in [-0.2, 0) is 6.54 Å². The highest BCUT2D eigenvalue weighted by Gasteiger charge is 2.28. The van der Waals surface area contributed by atoms with Crippen molar-refractivity contribution >= 4 is 22.7 Å².